The van der Waals surface area contributed by atoms with Crippen molar-refractivity contribution in [1.29, 1.82) is 0 Å². The highest BCUT2D eigenvalue weighted by molar-refractivity contribution is 9.09. The zero-order valence-electron chi connectivity index (χ0n) is 11.2. The molecule has 0 saturated heterocycles. The lowest BCUT2D eigenvalue weighted by atomic mass is 10.1. The second-order valence-corrected chi connectivity index (χ2v) is 4.18. The van der Waals surface area contributed by atoms with Gasteiger partial charge in [0.15, 0.2) is 0 Å². The molecule has 0 aliphatic rings. The molecule has 1 aromatic rings. The number of aryl methyl sites for hydroxylation is 2. The van der Waals surface area contributed by atoms with Gasteiger partial charge in [0.1, 0.15) is 12.4 Å². The number of benzene rings is 1. The van der Waals surface area contributed by atoms with Gasteiger partial charge in [0, 0.05) is 5.33 Å². The third-order valence-corrected chi connectivity index (χ3v) is 3.02. The maximum absolute atomic E-state index is 9.40. The molecule has 0 saturated carbocycles. The van der Waals surface area contributed by atoms with E-state index in [4.69, 9.17) is 4.74 Å². The summed E-state index contributed by atoms with van der Waals surface area (Å²) in [5.74, 6) is 0.917. The molecule has 1 N–H and O–H groups in total. The molecule has 0 aliphatic heterocycles. The normalized spacial score (nSPS) is 11.4. The van der Waals surface area contributed by atoms with Crippen molar-refractivity contribution in [2.75, 3.05) is 11.9 Å². The summed E-state index contributed by atoms with van der Waals surface area (Å²) in [5, 5.41) is 9.94. The molecule has 0 fully saturated rings. The molecule has 98 valence electrons. The largest absolute Gasteiger partial charge is 0.490 e. The van der Waals surface area contributed by atoms with Crippen LogP contribution in [-0.2, 0) is 6.42 Å². The molecule has 17 heavy (non-hydrogen) atoms. The molecule has 1 atom stereocenters. The van der Waals surface area contributed by atoms with Gasteiger partial charge in [-0.1, -0.05) is 54.9 Å². The molecule has 0 amide bonds. The van der Waals surface area contributed by atoms with E-state index in [0.29, 0.717) is 11.9 Å². The van der Waals surface area contributed by atoms with Crippen molar-refractivity contribution in [2.24, 2.45) is 0 Å². The SMILES string of the molecule is CC.CCc1cccc(C)c1OCC(O)CBr. The lowest BCUT2D eigenvalue weighted by Crippen LogP contribution is -2.19. The summed E-state index contributed by atoms with van der Waals surface area (Å²) < 4.78 is 5.63. The fourth-order valence-electron chi connectivity index (χ4n) is 1.42. The van der Waals surface area contributed by atoms with E-state index >= 15 is 0 Å². The molecular weight excluding hydrogens is 280 g/mol. The Morgan fingerprint density at radius 2 is 2.00 bits per heavy atom. The van der Waals surface area contributed by atoms with Crippen molar-refractivity contribution >= 4 is 15.9 Å². The van der Waals surface area contributed by atoms with Crippen LogP contribution >= 0.6 is 15.9 Å². The molecule has 0 spiro atoms. The summed E-state index contributed by atoms with van der Waals surface area (Å²) in [7, 11) is 0. The zero-order valence-corrected chi connectivity index (χ0v) is 12.8. The summed E-state index contributed by atoms with van der Waals surface area (Å²) >= 11 is 3.21. The second kappa shape index (κ2) is 9.49. The van der Waals surface area contributed by atoms with E-state index in [1.807, 2.05) is 32.9 Å². The Morgan fingerprint density at radius 1 is 1.35 bits per heavy atom. The van der Waals surface area contributed by atoms with Gasteiger partial charge in [-0.05, 0) is 24.5 Å². The Hall–Kier alpha value is -0.540. The van der Waals surface area contributed by atoms with Crippen LogP contribution in [0.2, 0.25) is 0 Å². The second-order valence-electron chi connectivity index (χ2n) is 3.54. The molecule has 0 bridgehead atoms. The van der Waals surface area contributed by atoms with E-state index in [0.717, 1.165) is 17.7 Å². The molecule has 0 aliphatic carbocycles. The molecule has 1 rings (SSSR count). The summed E-state index contributed by atoms with van der Waals surface area (Å²) in [6.45, 7) is 8.46. The van der Waals surface area contributed by atoms with Crippen LogP contribution in [0.1, 0.15) is 31.9 Å². The van der Waals surface area contributed by atoms with Crippen LogP contribution < -0.4 is 4.74 Å². The van der Waals surface area contributed by atoms with E-state index in [2.05, 4.69) is 28.9 Å². The van der Waals surface area contributed by atoms with Gasteiger partial charge >= 0.3 is 0 Å². The highest BCUT2D eigenvalue weighted by atomic mass is 79.9. The number of aliphatic hydroxyl groups excluding tert-OH is 1. The molecular formula is C14H23BrO2. The van der Waals surface area contributed by atoms with E-state index in [9.17, 15) is 5.11 Å². The maximum Gasteiger partial charge on any atom is 0.125 e. The number of rotatable bonds is 5. The predicted octanol–water partition coefficient (Wildman–Crippen LogP) is 3.72. The van der Waals surface area contributed by atoms with Crippen molar-refractivity contribution in [2.45, 2.75) is 40.2 Å². The van der Waals surface area contributed by atoms with E-state index in [-0.39, 0.29) is 0 Å². The van der Waals surface area contributed by atoms with Crippen LogP contribution in [0, 0.1) is 6.92 Å². The standard InChI is InChI=1S/C12H17BrO2.C2H6/c1-3-10-6-4-5-9(2)12(10)15-8-11(14)7-13;1-2/h4-6,11,14H,3,7-8H2,1-2H3;1-2H3. The third-order valence-electron chi connectivity index (χ3n) is 2.27. The number of halogens is 1. The van der Waals surface area contributed by atoms with Crippen molar-refractivity contribution in [3.8, 4) is 5.75 Å². The van der Waals surface area contributed by atoms with Crippen molar-refractivity contribution < 1.29 is 9.84 Å². The first kappa shape index (κ1) is 16.5. The predicted molar refractivity (Wildman–Crippen MR) is 77.2 cm³/mol. The highest BCUT2D eigenvalue weighted by Gasteiger charge is 2.08. The number of para-hydroxylation sites is 1. The maximum atomic E-state index is 9.40. The fourth-order valence-corrected chi connectivity index (χ4v) is 1.61. The Bertz CT molecular complexity index is 313. The van der Waals surface area contributed by atoms with Crippen molar-refractivity contribution in [3.63, 3.8) is 0 Å². The van der Waals surface area contributed by atoms with Gasteiger partial charge in [-0.15, -0.1) is 0 Å². The van der Waals surface area contributed by atoms with E-state index in [1.165, 1.54) is 5.56 Å². The van der Waals surface area contributed by atoms with E-state index in [1.54, 1.807) is 0 Å². The van der Waals surface area contributed by atoms with Gasteiger partial charge in [-0.3, -0.25) is 0 Å². The van der Waals surface area contributed by atoms with Crippen molar-refractivity contribution in [1.82, 2.24) is 0 Å². The van der Waals surface area contributed by atoms with E-state index < -0.39 is 6.10 Å². The number of hydrogen-bond acceptors (Lipinski definition) is 2. The minimum absolute atomic E-state index is 0.336. The van der Waals surface area contributed by atoms with Crippen LogP contribution in [0.4, 0.5) is 0 Å². The van der Waals surface area contributed by atoms with Crippen LogP contribution in [-0.4, -0.2) is 23.1 Å². The van der Waals surface area contributed by atoms with Gasteiger partial charge in [0.2, 0.25) is 0 Å². The number of aliphatic hydroxyl groups is 1. The number of hydrogen-bond donors (Lipinski definition) is 1. The summed E-state index contributed by atoms with van der Waals surface area (Å²) in [6.07, 6.45) is 0.496. The topological polar surface area (TPSA) is 29.5 Å². The minimum atomic E-state index is -0.450. The monoisotopic (exact) mass is 302 g/mol. The Kier molecular flexibility index (Phi) is 9.18. The minimum Gasteiger partial charge on any atom is -0.490 e. The Morgan fingerprint density at radius 3 is 2.53 bits per heavy atom. The van der Waals surface area contributed by atoms with Gasteiger partial charge in [0.05, 0.1) is 6.10 Å². The van der Waals surface area contributed by atoms with Crippen LogP contribution in [0.5, 0.6) is 5.75 Å². The fraction of sp³-hybridized carbons (Fsp3) is 0.571. The highest BCUT2D eigenvalue weighted by Crippen LogP contribution is 2.23. The molecule has 0 heterocycles. The molecule has 3 heteroatoms. The Balaban J connectivity index is 0.00000121. The average Bonchev–Trinajstić information content (AvgIpc) is 2.38. The molecule has 0 radical (unpaired) electrons. The van der Waals surface area contributed by atoms with Crippen LogP contribution in [0.3, 0.4) is 0 Å². The summed E-state index contributed by atoms with van der Waals surface area (Å²) in [6, 6.07) is 6.11. The van der Waals surface area contributed by atoms with Gasteiger partial charge < -0.3 is 9.84 Å². The number of alkyl halides is 1. The first-order valence-electron chi connectivity index (χ1n) is 6.14. The van der Waals surface area contributed by atoms with Gasteiger partial charge in [0.25, 0.3) is 0 Å². The first-order valence-corrected chi connectivity index (χ1v) is 7.26. The quantitative estimate of drug-likeness (QED) is 0.840. The smallest absolute Gasteiger partial charge is 0.125 e. The molecule has 0 aromatic heterocycles. The summed E-state index contributed by atoms with van der Waals surface area (Å²) in [4.78, 5) is 0. The van der Waals surface area contributed by atoms with Crippen LogP contribution in [0.25, 0.3) is 0 Å². The average molecular weight is 303 g/mol. The van der Waals surface area contributed by atoms with Gasteiger partial charge in [-0.2, -0.15) is 0 Å². The summed E-state index contributed by atoms with van der Waals surface area (Å²) in [5.41, 5.74) is 2.31. The zero-order chi connectivity index (χ0) is 13.3. The van der Waals surface area contributed by atoms with Crippen LogP contribution in [0.15, 0.2) is 18.2 Å². The number of ether oxygens (including phenoxy) is 1. The van der Waals surface area contributed by atoms with Gasteiger partial charge in [-0.25, -0.2) is 0 Å². The Labute approximate surface area is 113 Å². The molecule has 1 aromatic carbocycles. The van der Waals surface area contributed by atoms with Crippen molar-refractivity contribution in [3.05, 3.63) is 29.3 Å². The lowest BCUT2D eigenvalue weighted by molar-refractivity contribution is 0.126. The molecule has 2 nitrogen and oxygen atoms in total. The molecule has 1 unspecified atom stereocenters. The lowest BCUT2D eigenvalue weighted by Gasteiger charge is -2.15. The third kappa shape index (κ3) is 5.55. The first-order chi connectivity index (χ1) is 8.19.